The lowest BCUT2D eigenvalue weighted by Crippen LogP contribution is -2.15. The van der Waals surface area contributed by atoms with Gasteiger partial charge in [0, 0.05) is 11.4 Å². The topological polar surface area (TPSA) is 21.3 Å². The Morgan fingerprint density at radius 1 is 1.44 bits per heavy atom. The van der Waals surface area contributed by atoms with Crippen molar-refractivity contribution < 1.29 is 9.13 Å². The van der Waals surface area contributed by atoms with Crippen LogP contribution in [0.3, 0.4) is 0 Å². The number of alkyl halides is 1. The molecule has 0 aliphatic heterocycles. The zero-order chi connectivity index (χ0) is 11.8. The van der Waals surface area contributed by atoms with Crippen LogP contribution in [0.5, 0.6) is 5.75 Å². The maximum atomic E-state index is 11.9. The van der Waals surface area contributed by atoms with Gasteiger partial charge in [-0.1, -0.05) is 6.07 Å². The van der Waals surface area contributed by atoms with E-state index < -0.39 is 0 Å². The highest BCUT2D eigenvalue weighted by atomic mass is 32.2. The van der Waals surface area contributed by atoms with E-state index in [9.17, 15) is 4.39 Å². The molecule has 0 aromatic heterocycles. The Labute approximate surface area is 101 Å². The quantitative estimate of drug-likeness (QED) is 0.588. The van der Waals surface area contributed by atoms with Gasteiger partial charge >= 0.3 is 0 Å². The van der Waals surface area contributed by atoms with Crippen LogP contribution in [0.2, 0.25) is 0 Å². The zero-order valence-electron chi connectivity index (χ0n) is 9.75. The van der Waals surface area contributed by atoms with Gasteiger partial charge in [0.25, 0.3) is 0 Å². The van der Waals surface area contributed by atoms with Gasteiger partial charge in [-0.3, -0.25) is 4.39 Å². The molecule has 0 fully saturated rings. The Balaban J connectivity index is 2.54. The fourth-order valence-electron chi connectivity index (χ4n) is 1.42. The standard InChI is InChI=1S/C12H18FNOS/c1-15-11-5-4-10(8-12(11)16-2)9-14-7-3-6-13/h4-5,8,14H,3,6-7,9H2,1-2H3. The van der Waals surface area contributed by atoms with E-state index in [0.717, 1.165) is 23.7 Å². The van der Waals surface area contributed by atoms with Crippen molar-refractivity contribution in [2.75, 3.05) is 26.6 Å². The molecule has 0 unspecified atom stereocenters. The number of benzene rings is 1. The lowest BCUT2D eigenvalue weighted by molar-refractivity contribution is 0.404. The van der Waals surface area contributed by atoms with E-state index >= 15 is 0 Å². The fourth-order valence-corrected chi connectivity index (χ4v) is 2.04. The van der Waals surface area contributed by atoms with E-state index in [4.69, 9.17) is 4.74 Å². The van der Waals surface area contributed by atoms with E-state index in [1.807, 2.05) is 18.4 Å². The minimum Gasteiger partial charge on any atom is -0.496 e. The average Bonchev–Trinajstić information content (AvgIpc) is 2.34. The largest absolute Gasteiger partial charge is 0.496 e. The maximum Gasteiger partial charge on any atom is 0.132 e. The molecule has 0 saturated carbocycles. The number of ether oxygens (including phenoxy) is 1. The van der Waals surface area contributed by atoms with Crippen LogP contribution in [0.25, 0.3) is 0 Å². The smallest absolute Gasteiger partial charge is 0.132 e. The molecule has 4 heteroatoms. The number of methoxy groups -OCH3 is 1. The molecule has 0 bridgehead atoms. The molecule has 0 saturated heterocycles. The van der Waals surface area contributed by atoms with Crippen molar-refractivity contribution in [3.63, 3.8) is 0 Å². The van der Waals surface area contributed by atoms with Crippen LogP contribution >= 0.6 is 11.8 Å². The van der Waals surface area contributed by atoms with Crippen molar-refractivity contribution in [3.05, 3.63) is 23.8 Å². The third kappa shape index (κ3) is 4.02. The third-order valence-corrected chi connectivity index (χ3v) is 3.02. The van der Waals surface area contributed by atoms with Crippen LogP contribution in [0, 0.1) is 0 Å². The summed E-state index contributed by atoms with van der Waals surface area (Å²) in [6.45, 7) is 1.24. The Bertz CT molecular complexity index is 320. The summed E-state index contributed by atoms with van der Waals surface area (Å²) in [6, 6.07) is 6.10. The van der Waals surface area contributed by atoms with Crippen LogP contribution < -0.4 is 10.1 Å². The van der Waals surface area contributed by atoms with E-state index in [0.29, 0.717) is 6.42 Å². The van der Waals surface area contributed by atoms with Gasteiger partial charge in [-0.15, -0.1) is 11.8 Å². The van der Waals surface area contributed by atoms with Gasteiger partial charge in [0.2, 0.25) is 0 Å². The SMILES string of the molecule is COc1ccc(CNCCCF)cc1SC. The molecule has 1 aromatic carbocycles. The van der Waals surface area contributed by atoms with Gasteiger partial charge in [-0.25, -0.2) is 0 Å². The lowest BCUT2D eigenvalue weighted by Gasteiger charge is -2.09. The van der Waals surface area contributed by atoms with Crippen LogP contribution in [-0.4, -0.2) is 26.6 Å². The maximum absolute atomic E-state index is 11.9. The third-order valence-electron chi connectivity index (χ3n) is 2.26. The van der Waals surface area contributed by atoms with Crippen LogP contribution in [0.15, 0.2) is 23.1 Å². The Morgan fingerprint density at radius 2 is 2.25 bits per heavy atom. The lowest BCUT2D eigenvalue weighted by atomic mass is 10.2. The number of nitrogens with one attached hydrogen (secondary N) is 1. The van der Waals surface area contributed by atoms with Gasteiger partial charge < -0.3 is 10.1 Å². The molecular weight excluding hydrogens is 225 g/mol. The summed E-state index contributed by atoms with van der Waals surface area (Å²) in [5.41, 5.74) is 1.20. The van der Waals surface area contributed by atoms with E-state index in [1.54, 1.807) is 18.9 Å². The van der Waals surface area contributed by atoms with Crippen molar-refractivity contribution in [2.45, 2.75) is 17.9 Å². The molecule has 0 heterocycles. The van der Waals surface area contributed by atoms with Crippen LogP contribution in [0.4, 0.5) is 4.39 Å². The normalized spacial score (nSPS) is 10.4. The first-order valence-corrected chi connectivity index (χ1v) is 6.52. The van der Waals surface area contributed by atoms with Crippen molar-refractivity contribution >= 4 is 11.8 Å². The summed E-state index contributed by atoms with van der Waals surface area (Å²) in [7, 11) is 1.67. The predicted octanol–water partition coefficient (Wildman–Crippen LogP) is 2.87. The van der Waals surface area contributed by atoms with E-state index in [-0.39, 0.29) is 6.67 Å². The second kappa shape index (κ2) is 7.52. The molecule has 1 rings (SSSR count). The summed E-state index contributed by atoms with van der Waals surface area (Å²) in [4.78, 5) is 1.13. The highest BCUT2D eigenvalue weighted by molar-refractivity contribution is 7.98. The fraction of sp³-hybridized carbons (Fsp3) is 0.500. The molecule has 1 aromatic rings. The minimum absolute atomic E-state index is 0.258. The van der Waals surface area contributed by atoms with Gasteiger partial charge in [-0.2, -0.15) is 0 Å². The van der Waals surface area contributed by atoms with Crippen LogP contribution in [-0.2, 0) is 6.54 Å². The van der Waals surface area contributed by atoms with Gasteiger partial charge in [-0.05, 0) is 36.9 Å². The van der Waals surface area contributed by atoms with Gasteiger partial charge in [0.1, 0.15) is 5.75 Å². The molecule has 2 nitrogen and oxygen atoms in total. The van der Waals surface area contributed by atoms with Gasteiger partial charge in [0.05, 0.1) is 13.8 Å². The number of rotatable bonds is 7. The Hall–Kier alpha value is -0.740. The van der Waals surface area contributed by atoms with Crippen molar-refractivity contribution in [2.24, 2.45) is 0 Å². The first kappa shape index (κ1) is 13.3. The predicted molar refractivity (Wildman–Crippen MR) is 67.1 cm³/mol. The summed E-state index contributed by atoms with van der Waals surface area (Å²) in [5, 5.41) is 3.20. The highest BCUT2D eigenvalue weighted by Gasteiger charge is 2.02. The van der Waals surface area contributed by atoms with Crippen LogP contribution in [0.1, 0.15) is 12.0 Å². The highest BCUT2D eigenvalue weighted by Crippen LogP contribution is 2.28. The number of hydrogen-bond donors (Lipinski definition) is 1. The van der Waals surface area contributed by atoms with Crippen molar-refractivity contribution in [1.29, 1.82) is 0 Å². The molecule has 1 N–H and O–H groups in total. The molecule has 0 aliphatic rings. The van der Waals surface area contributed by atoms with Crippen molar-refractivity contribution in [1.82, 2.24) is 5.32 Å². The molecule has 0 spiro atoms. The first-order valence-electron chi connectivity index (χ1n) is 5.29. The summed E-state index contributed by atoms with van der Waals surface area (Å²) < 4.78 is 17.1. The molecule has 0 radical (unpaired) electrons. The minimum atomic E-state index is -0.258. The number of hydrogen-bond acceptors (Lipinski definition) is 3. The Morgan fingerprint density at radius 3 is 2.88 bits per heavy atom. The molecular formula is C12H18FNOS. The average molecular weight is 243 g/mol. The number of thioether (sulfide) groups is 1. The second-order valence-electron chi connectivity index (χ2n) is 3.41. The molecule has 0 amide bonds. The number of halogens is 1. The van der Waals surface area contributed by atoms with Crippen molar-refractivity contribution in [3.8, 4) is 5.75 Å². The summed E-state index contributed by atoms with van der Waals surface area (Å²) >= 11 is 1.67. The van der Waals surface area contributed by atoms with E-state index in [2.05, 4.69) is 11.4 Å². The molecule has 0 atom stereocenters. The molecule has 16 heavy (non-hydrogen) atoms. The first-order chi connectivity index (χ1) is 7.81. The summed E-state index contributed by atoms with van der Waals surface area (Å²) in [5.74, 6) is 0.903. The Kier molecular flexibility index (Phi) is 6.26. The zero-order valence-corrected chi connectivity index (χ0v) is 10.6. The second-order valence-corrected chi connectivity index (χ2v) is 4.26. The summed E-state index contributed by atoms with van der Waals surface area (Å²) in [6.07, 6.45) is 2.60. The van der Waals surface area contributed by atoms with E-state index in [1.165, 1.54) is 5.56 Å². The monoisotopic (exact) mass is 243 g/mol. The van der Waals surface area contributed by atoms with Gasteiger partial charge in [0.15, 0.2) is 0 Å². The molecule has 90 valence electrons. The molecule has 0 aliphatic carbocycles.